The molecular weight excluding hydrogens is 166 g/mol. The van der Waals surface area contributed by atoms with E-state index in [1.54, 1.807) is 0 Å². The molecule has 3 nitrogen and oxygen atoms in total. The van der Waals surface area contributed by atoms with Crippen molar-refractivity contribution in [2.45, 2.75) is 25.3 Å². The van der Waals surface area contributed by atoms with Gasteiger partial charge in [0.1, 0.15) is 0 Å². The third-order valence-corrected chi connectivity index (χ3v) is 3.27. The second-order valence-corrected chi connectivity index (χ2v) is 4.11. The summed E-state index contributed by atoms with van der Waals surface area (Å²) in [5, 5.41) is 12.3. The summed E-state index contributed by atoms with van der Waals surface area (Å²) in [5.41, 5.74) is 0.748. The van der Waals surface area contributed by atoms with Crippen molar-refractivity contribution < 1.29 is 9.90 Å². The summed E-state index contributed by atoms with van der Waals surface area (Å²) in [5.74, 6) is 0.534. The number of hydrogen-bond acceptors (Lipinski definition) is 3. The molecule has 13 heavy (non-hydrogen) atoms. The zero-order valence-electron chi connectivity index (χ0n) is 7.84. The molecule has 3 heteroatoms. The Kier molecular flexibility index (Phi) is 2.00. The third-order valence-electron chi connectivity index (χ3n) is 3.27. The first-order valence-corrected chi connectivity index (χ1v) is 4.74. The highest BCUT2D eigenvalue weighted by Crippen LogP contribution is 2.35. The number of ketones is 1. The first kappa shape index (κ1) is 8.91. The van der Waals surface area contributed by atoms with Gasteiger partial charge in [-0.2, -0.15) is 0 Å². The Morgan fingerprint density at radius 2 is 2.46 bits per heavy atom. The molecular formula is C10H15NO2. The monoisotopic (exact) mass is 181 g/mol. The van der Waals surface area contributed by atoms with Crippen molar-refractivity contribution in [2.24, 2.45) is 5.92 Å². The quantitative estimate of drug-likeness (QED) is 0.600. The van der Waals surface area contributed by atoms with Crippen LogP contribution in [0.25, 0.3) is 0 Å². The summed E-state index contributed by atoms with van der Waals surface area (Å²) < 4.78 is 0. The van der Waals surface area contributed by atoms with Crippen molar-refractivity contribution >= 4 is 5.78 Å². The lowest BCUT2D eigenvalue weighted by Crippen LogP contribution is -2.35. The molecule has 72 valence electrons. The van der Waals surface area contributed by atoms with Crippen molar-refractivity contribution in [2.75, 3.05) is 13.2 Å². The molecule has 0 aromatic carbocycles. The van der Waals surface area contributed by atoms with E-state index in [1.807, 2.05) is 13.0 Å². The lowest BCUT2D eigenvalue weighted by molar-refractivity contribution is -0.117. The predicted octanol–water partition coefficient (Wildman–Crippen LogP) is 0.246. The van der Waals surface area contributed by atoms with Crippen LogP contribution in [0.15, 0.2) is 11.6 Å². The van der Waals surface area contributed by atoms with Crippen LogP contribution in [0.1, 0.15) is 19.8 Å². The molecule has 2 rings (SSSR count). The average Bonchev–Trinajstić information content (AvgIpc) is 2.90. The molecule has 1 aliphatic carbocycles. The lowest BCUT2D eigenvalue weighted by atomic mass is 9.80. The molecule has 1 aliphatic heterocycles. The van der Waals surface area contributed by atoms with Gasteiger partial charge in [-0.15, -0.1) is 0 Å². The summed E-state index contributed by atoms with van der Waals surface area (Å²) >= 11 is 0. The highest BCUT2D eigenvalue weighted by Gasteiger charge is 2.49. The second kappa shape index (κ2) is 2.93. The number of carbonyl (C=O) groups excluding carboxylic acids is 1. The van der Waals surface area contributed by atoms with Gasteiger partial charge in [-0.05, 0) is 24.8 Å². The maximum Gasteiger partial charge on any atom is 0.158 e. The van der Waals surface area contributed by atoms with E-state index in [9.17, 15) is 4.79 Å². The molecule has 0 saturated carbocycles. The van der Waals surface area contributed by atoms with Crippen LogP contribution in [0.4, 0.5) is 0 Å². The van der Waals surface area contributed by atoms with Crippen LogP contribution >= 0.6 is 0 Å². The molecule has 2 aliphatic rings. The Hall–Kier alpha value is -0.670. The fourth-order valence-electron chi connectivity index (χ4n) is 1.97. The van der Waals surface area contributed by atoms with Crippen LogP contribution in [0.3, 0.4) is 0 Å². The standard InChI is InChI=1S/C10H15NO2/c1-7-2-3-8(4-9(7)13)10(6-12)5-11-10/h2,8,11-12H,3-6H2,1H3/t8-,10?/m1/s1. The molecule has 2 N–H and O–H groups in total. The molecule has 2 atom stereocenters. The van der Waals surface area contributed by atoms with Crippen LogP contribution < -0.4 is 5.32 Å². The molecule has 0 aromatic heterocycles. The van der Waals surface area contributed by atoms with Crippen molar-refractivity contribution in [1.29, 1.82) is 0 Å². The number of Topliss-reactive ketones (excluding diaryl/α,β-unsaturated/α-hetero) is 1. The summed E-state index contributed by atoms with van der Waals surface area (Å²) in [6, 6.07) is 0. The molecule has 1 unspecified atom stereocenters. The van der Waals surface area contributed by atoms with Crippen LogP contribution in [-0.4, -0.2) is 29.6 Å². The predicted molar refractivity (Wildman–Crippen MR) is 49.3 cm³/mol. The Bertz CT molecular complexity index is 266. The van der Waals surface area contributed by atoms with Crippen LogP contribution in [0.5, 0.6) is 0 Å². The molecule has 0 bridgehead atoms. The minimum atomic E-state index is -0.132. The number of carbonyl (C=O) groups is 1. The van der Waals surface area contributed by atoms with E-state index < -0.39 is 0 Å². The highest BCUT2D eigenvalue weighted by molar-refractivity contribution is 5.95. The van der Waals surface area contributed by atoms with Crippen molar-refractivity contribution in [3.63, 3.8) is 0 Å². The van der Waals surface area contributed by atoms with Gasteiger partial charge in [0, 0.05) is 13.0 Å². The summed E-state index contributed by atoms with van der Waals surface area (Å²) in [7, 11) is 0. The van der Waals surface area contributed by atoms with Gasteiger partial charge in [0.05, 0.1) is 12.1 Å². The number of rotatable bonds is 2. The van der Waals surface area contributed by atoms with Gasteiger partial charge in [0.15, 0.2) is 5.78 Å². The summed E-state index contributed by atoms with van der Waals surface area (Å²) in [4.78, 5) is 11.4. The highest BCUT2D eigenvalue weighted by atomic mass is 16.3. The van der Waals surface area contributed by atoms with Crippen molar-refractivity contribution in [3.8, 4) is 0 Å². The Morgan fingerprint density at radius 1 is 1.77 bits per heavy atom. The van der Waals surface area contributed by atoms with Gasteiger partial charge in [-0.25, -0.2) is 0 Å². The van der Waals surface area contributed by atoms with Crippen molar-refractivity contribution in [1.82, 2.24) is 5.32 Å². The van der Waals surface area contributed by atoms with Crippen LogP contribution in [0, 0.1) is 5.92 Å². The summed E-state index contributed by atoms with van der Waals surface area (Å²) in [6.07, 6.45) is 3.51. The number of hydrogen-bond donors (Lipinski definition) is 2. The zero-order chi connectivity index (χ0) is 9.47. The number of aliphatic hydroxyl groups excluding tert-OH is 1. The maximum atomic E-state index is 11.4. The van der Waals surface area contributed by atoms with Crippen molar-refractivity contribution in [3.05, 3.63) is 11.6 Å². The molecule has 0 amide bonds. The van der Waals surface area contributed by atoms with Gasteiger partial charge in [0.2, 0.25) is 0 Å². The van der Waals surface area contributed by atoms with E-state index in [2.05, 4.69) is 5.32 Å². The fourth-order valence-corrected chi connectivity index (χ4v) is 1.97. The molecule has 0 aromatic rings. The van der Waals surface area contributed by atoms with E-state index >= 15 is 0 Å². The first-order chi connectivity index (χ1) is 6.18. The van der Waals surface area contributed by atoms with Crippen LogP contribution in [-0.2, 0) is 4.79 Å². The maximum absolute atomic E-state index is 11.4. The first-order valence-electron chi connectivity index (χ1n) is 4.74. The molecule has 0 radical (unpaired) electrons. The minimum Gasteiger partial charge on any atom is -0.394 e. The largest absolute Gasteiger partial charge is 0.394 e. The van der Waals surface area contributed by atoms with Gasteiger partial charge in [-0.1, -0.05) is 6.08 Å². The smallest absolute Gasteiger partial charge is 0.158 e. The van der Waals surface area contributed by atoms with E-state index in [-0.39, 0.29) is 17.9 Å². The van der Waals surface area contributed by atoms with Gasteiger partial charge in [-0.3, -0.25) is 4.79 Å². The van der Waals surface area contributed by atoms with Crippen LogP contribution in [0.2, 0.25) is 0 Å². The minimum absolute atomic E-state index is 0.132. The fraction of sp³-hybridized carbons (Fsp3) is 0.700. The molecule has 1 saturated heterocycles. The number of nitrogens with one attached hydrogen (secondary N) is 1. The number of allylic oxidation sites excluding steroid dienone is 2. The van der Waals surface area contributed by atoms with E-state index in [0.717, 1.165) is 18.5 Å². The Balaban J connectivity index is 2.09. The molecule has 1 heterocycles. The lowest BCUT2D eigenvalue weighted by Gasteiger charge is -2.25. The zero-order valence-corrected chi connectivity index (χ0v) is 7.84. The normalized spacial score (nSPS) is 38.8. The molecule has 0 spiro atoms. The number of aliphatic hydroxyl groups is 1. The average molecular weight is 181 g/mol. The van der Waals surface area contributed by atoms with Gasteiger partial charge >= 0.3 is 0 Å². The SMILES string of the molecule is CC1=CC[C@@H](C2(CO)CN2)CC1=O. The Morgan fingerprint density at radius 3 is 2.92 bits per heavy atom. The Labute approximate surface area is 77.8 Å². The molecule has 1 fully saturated rings. The third kappa shape index (κ3) is 1.42. The van der Waals surface area contributed by atoms with Gasteiger partial charge < -0.3 is 10.4 Å². The van der Waals surface area contributed by atoms with E-state index in [1.165, 1.54) is 0 Å². The van der Waals surface area contributed by atoms with E-state index in [0.29, 0.717) is 12.3 Å². The summed E-state index contributed by atoms with van der Waals surface area (Å²) in [6.45, 7) is 2.87. The van der Waals surface area contributed by atoms with Gasteiger partial charge in [0.25, 0.3) is 0 Å². The van der Waals surface area contributed by atoms with E-state index in [4.69, 9.17) is 5.11 Å². The second-order valence-electron chi connectivity index (χ2n) is 4.11. The topological polar surface area (TPSA) is 59.2 Å².